The van der Waals surface area contributed by atoms with Gasteiger partial charge in [-0.2, -0.15) is 0 Å². The van der Waals surface area contributed by atoms with Crippen molar-refractivity contribution >= 4 is 21.8 Å². The van der Waals surface area contributed by atoms with Crippen LogP contribution in [0.1, 0.15) is 52.4 Å². The van der Waals surface area contributed by atoms with E-state index in [1.807, 2.05) is 0 Å². The molecule has 0 rings (SSSR count). The van der Waals surface area contributed by atoms with E-state index in [0.29, 0.717) is 12.5 Å². The van der Waals surface area contributed by atoms with Gasteiger partial charge >= 0.3 is 0 Å². The predicted octanol–water partition coefficient (Wildman–Crippen LogP) is 3.25. The molecule has 0 aromatic heterocycles. The van der Waals surface area contributed by atoms with E-state index in [2.05, 4.69) is 35.1 Å². The van der Waals surface area contributed by atoms with Crippen molar-refractivity contribution in [2.75, 3.05) is 5.33 Å². The van der Waals surface area contributed by atoms with Gasteiger partial charge in [0.2, 0.25) is 5.91 Å². The third-order valence-electron chi connectivity index (χ3n) is 2.34. The van der Waals surface area contributed by atoms with Gasteiger partial charge in [0.05, 0.1) is 0 Å². The topological polar surface area (TPSA) is 29.1 Å². The Morgan fingerprint density at radius 2 is 2.07 bits per heavy atom. The molecule has 0 saturated carbocycles. The molecule has 14 heavy (non-hydrogen) atoms. The molecule has 0 bridgehead atoms. The van der Waals surface area contributed by atoms with Gasteiger partial charge in [0.1, 0.15) is 0 Å². The molecule has 1 unspecified atom stereocenters. The SMILES string of the molecule is CCCCCC(CC)NC(=O)CCBr. The minimum Gasteiger partial charge on any atom is -0.353 e. The summed E-state index contributed by atoms with van der Waals surface area (Å²) in [6.07, 6.45) is 6.49. The highest BCUT2D eigenvalue weighted by Crippen LogP contribution is 2.06. The molecule has 3 heteroatoms. The van der Waals surface area contributed by atoms with Crippen LogP contribution in [-0.4, -0.2) is 17.3 Å². The second-order valence-corrected chi connectivity index (χ2v) is 4.40. The quantitative estimate of drug-likeness (QED) is 0.529. The van der Waals surface area contributed by atoms with Gasteiger partial charge in [0.25, 0.3) is 0 Å². The Morgan fingerprint density at radius 1 is 1.36 bits per heavy atom. The highest BCUT2D eigenvalue weighted by Gasteiger charge is 2.08. The lowest BCUT2D eigenvalue weighted by Gasteiger charge is -2.16. The molecule has 0 aromatic carbocycles. The van der Waals surface area contributed by atoms with E-state index in [-0.39, 0.29) is 5.91 Å². The van der Waals surface area contributed by atoms with E-state index in [9.17, 15) is 4.79 Å². The van der Waals surface area contributed by atoms with Gasteiger partial charge < -0.3 is 5.32 Å². The minimum atomic E-state index is 0.172. The largest absolute Gasteiger partial charge is 0.353 e. The minimum absolute atomic E-state index is 0.172. The lowest BCUT2D eigenvalue weighted by molar-refractivity contribution is -0.121. The number of carbonyl (C=O) groups excluding carboxylic acids is 1. The van der Waals surface area contributed by atoms with E-state index in [0.717, 1.165) is 18.2 Å². The second kappa shape index (κ2) is 9.50. The molecule has 2 nitrogen and oxygen atoms in total. The van der Waals surface area contributed by atoms with Crippen LogP contribution >= 0.6 is 15.9 Å². The number of hydrogen-bond donors (Lipinski definition) is 1. The lowest BCUT2D eigenvalue weighted by atomic mass is 10.1. The smallest absolute Gasteiger partial charge is 0.221 e. The molecular formula is C11H22BrNO. The molecular weight excluding hydrogens is 242 g/mol. The fraction of sp³-hybridized carbons (Fsp3) is 0.909. The van der Waals surface area contributed by atoms with Crippen molar-refractivity contribution in [1.29, 1.82) is 0 Å². The van der Waals surface area contributed by atoms with Crippen molar-refractivity contribution in [3.05, 3.63) is 0 Å². The molecule has 84 valence electrons. The van der Waals surface area contributed by atoms with Crippen LogP contribution in [0.5, 0.6) is 0 Å². The number of carbonyl (C=O) groups is 1. The number of amides is 1. The first-order valence-electron chi connectivity index (χ1n) is 5.59. The Hall–Kier alpha value is -0.0500. The van der Waals surface area contributed by atoms with Gasteiger partial charge in [-0.1, -0.05) is 49.0 Å². The Bertz CT molecular complexity index is 150. The summed E-state index contributed by atoms with van der Waals surface area (Å²) in [5, 5.41) is 3.81. The first kappa shape index (κ1) is 13.9. The Morgan fingerprint density at radius 3 is 2.57 bits per heavy atom. The molecule has 0 saturated heterocycles. The predicted molar refractivity (Wildman–Crippen MR) is 64.8 cm³/mol. The molecule has 0 fully saturated rings. The normalized spacial score (nSPS) is 12.5. The second-order valence-electron chi connectivity index (χ2n) is 3.61. The van der Waals surface area contributed by atoms with Crippen LogP contribution in [0.25, 0.3) is 0 Å². The van der Waals surface area contributed by atoms with Crippen LogP contribution in [0.3, 0.4) is 0 Å². The van der Waals surface area contributed by atoms with Crippen molar-refractivity contribution < 1.29 is 4.79 Å². The van der Waals surface area contributed by atoms with Crippen LogP contribution in [-0.2, 0) is 4.79 Å². The first-order valence-corrected chi connectivity index (χ1v) is 6.72. The maximum atomic E-state index is 11.3. The summed E-state index contributed by atoms with van der Waals surface area (Å²) in [6.45, 7) is 4.33. The Kier molecular flexibility index (Phi) is 9.47. The molecule has 0 aliphatic carbocycles. The van der Waals surface area contributed by atoms with Crippen molar-refractivity contribution in [2.45, 2.75) is 58.4 Å². The van der Waals surface area contributed by atoms with E-state index in [1.165, 1.54) is 19.3 Å². The van der Waals surface area contributed by atoms with Gasteiger partial charge in [-0.05, 0) is 12.8 Å². The molecule has 0 spiro atoms. The van der Waals surface area contributed by atoms with Gasteiger partial charge in [0, 0.05) is 17.8 Å². The van der Waals surface area contributed by atoms with Gasteiger partial charge in [-0.3, -0.25) is 4.79 Å². The molecule has 0 aromatic rings. The lowest BCUT2D eigenvalue weighted by Crippen LogP contribution is -2.34. The van der Waals surface area contributed by atoms with Crippen LogP contribution in [0.15, 0.2) is 0 Å². The number of alkyl halides is 1. The number of nitrogens with one attached hydrogen (secondary N) is 1. The standard InChI is InChI=1S/C11H22BrNO/c1-3-5-6-7-10(4-2)13-11(14)8-9-12/h10H,3-9H2,1-2H3,(H,13,14). The zero-order valence-corrected chi connectivity index (χ0v) is 10.9. The molecule has 0 heterocycles. The van der Waals surface area contributed by atoms with Gasteiger partial charge in [-0.25, -0.2) is 0 Å². The third kappa shape index (κ3) is 7.36. The monoisotopic (exact) mass is 263 g/mol. The maximum absolute atomic E-state index is 11.3. The van der Waals surface area contributed by atoms with Crippen molar-refractivity contribution in [1.82, 2.24) is 5.32 Å². The first-order chi connectivity index (χ1) is 6.74. The third-order valence-corrected chi connectivity index (χ3v) is 2.73. The zero-order chi connectivity index (χ0) is 10.8. The van der Waals surface area contributed by atoms with Crippen molar-refractivity contribution in [3.63, 3.8) is 0 Å². The van der Waals surface area contributed by atoms with Crippen LogP contribution in [0, 0.1) is 0 Å². The maximum Gasteiger partial charge on any atom is 0.221 e. The highest BCUT2D eigenvalue weighted by atomic mass is 79.9. The molecule has 1 atom stereocenters. The molecule has 1 amide bonds. The fourth-order valence-corrected chi connectivity index (χ4v) is 1.76. The molecule has 0 aliphatic heterocycles. The average molecular weight is 264 g/mol. The average Bonchev–Trinajstić information content (AvgIpc) is 2.17. The van der Waals surface area contributed by atoms with E-state index >= 15 is 0 Å². The summed E-state index contributed by atoms with van der Waals surface area (Å²) in [5.41, 5.74) is 0. The molecule has 1 N–H and O–H groups in total. The van der Waals surface area contributed by atoms with Crippen LogP contribution < -0.4 is 5.32 Å². The van der Waals surface area contributed by atoms with E-state index in [1.54, 1.807) is 0 Å². The summed E-state index contributed by atoms with van der Waals surface area (Å²) in [4.78, 5) is 11.3. The van der Waals surface area contributed by atoms with E-state index < -0.39 is 0 Å². The van der Waals surface area contributed by atoms with E-state index in [4.69, 9.17) is 0 Å². The number of rotatable bonds is 8. The number of halogens is 1. The summed E-state index contributed by atoms with van der Waals surface area (Å²) in [5.74, 6) is 0.172. The van der Waals surface area contributed by atoms with Gasteiger partial charge in [-0.15, -0.1) is 0 Å². The summed E-state index contributed by atoms with van der Waals surface area (Å²) in [7, 11) is 0. The highest BCUT2D eigenvalue weighted by molar-refractivity contribution is 9.09. The summed E-state index contributed by atoms with van der Waals surface area (Å²) < 4.78 is 0. The van der Waals surface area contributed by atoms with Crippen LogP contribution in [0.4, 0.5) is 0 Å². The Labute approximate surface area is 96.0 Å². The number of hydrogen-bond acceptors (Lipinski definition) is 1. The van der Waals surface area contributed by atoms with Gasteiger partial charge in [0.15, 0.2) is 0 Å². The number of unbranched alkanes of at least 4 members (excludes halogenated alkanes) is 2. The summed E-state index contributed by atoms with van der Waals surface area (Å²) >= 11 is 3.26. The fourth-order valence-electron chi connectivity index (χ4n) is 1.40. The summed E-state index contributed by atoms with van der Waals surface area (Å²) in [6, 6.07) is 0.382. The molecule has 0 aliphatic rings. The van der Waals surface area contributed by atoms with Crippen LogP contribution in [0.2, 0.25) is 0 Å². The van der Waals surface area contributed by atoms with Crippen molar-refractivity contribution in [3.8, 4) is 0 Å². The zero-order valence-electron chi connectivity index (χ0n) is 9.31. The van der Waals surface area contributed by atoms with Crippen molar-refractivity contribution in [2.24, 2.45) is 0 Å². The molecule has 0 radical (unpaired) electrons. The Balaban J connectivity index is 3.61.